The van der Waals surface area contributed by atoms with Crippen molar-refractivity contribution in [2.45, 2.75) is 18.9 Å². The average molecular weight is 241 g/mol. The Labute approximate surface area is 98.5 Å². The van der Waals surface area contributed by atoms with Crippen molar-refractivity contribution in [3.63, 3.8) is 0 Å². The summed E-state index contributed by atoms with van der Waals surface area (Å²) in [5.74, 6) is 0. The molecule has 0 aromatic heterocycles. The summed E-state index contributed by atoms with van der Waals surface area (Å²) >= 11 is 0. The number of nitrogens with zero attached hydrogens (tertiary/aromatic N) is 1. The number of hydrogen-bond acceptors (Lipinski definition) is 2. The molecule has 0 unspecified atom stereocenters. The van der Waals surface area contributed by atoms with Crippen molar-refractivity contribution in [1.29, 1.82) is 0 Å². The summed E-state index contributed by atoms with van der Waals surface area (Å²) in [4.78, 5) is 11.7. The van der Waals surface area contributed by atoms with E-state index in [9.17, 15) is 4.79 Å². The van der Waals surface area contributed by atoms with E-state index in [4.69, 9.17) is 6.58 Å². The molecule has 1 heterocycles. The maximum absolute atomic E-state index is 10.3. The normalized spacial score (nSPS) is 17.7. The van der Waals surface area contributed by atoms with E-state index >= 15 is 0 Å². The van der Waals surface area contributed by atoms with Gasteiger partial charge >= 0.3 is 0 Å². The van der Waals surface area contributed by atoms with E-state index in [1.807, 2.05) is 0 Å². The van der Waals surface area contributed by atoms with Gasteiger partial charge in [0.15, 0.2) is 0 Å². The Bertz CT molecular complexity index is 138. The molecule has 1 radical (unpaired) electrons. The van der Waals surface area contributed by atoms with E-state index in [1.54, 1.807) is 6.41 Å². The largest absolute Gasteiger partial charge is 0.602 e. The fraction of sp³-hybridized carbons (Fsp3) is 0.625. The molecule has 65 valence electrons. The Morgan fingerprint density at radius 1 is 1.50 bits per heavy atom. The van der Waals surface area contributed by atoms with Crippen LogP contribution >= 0.6 is 0 Å². The van der Waals surface area contributed by atoms with Crippen molar-refractivity contribution >= 4 is 6.41 Å². The average Bonchev–Trinajstić information content (AvgIpc) is 2.09. The first-order valence-electron chi connectivity index (χ1n) is 3.80. The molecule has 1 aliphatic rings. The molecule has 0 bridgehead atoms. The molecule has 1 N–H and O–H groups in total. The van der Waals surface area contributed by atoms with Crippen molar-refractivity contribution in [2.75, 3.05) is 13.1 Å². The second-order valence-electron chi connectivity index (χ2n) is 2.63. The number of nitrogens with one attached hydrogen (secondary N) is 1. The molecule has 12 heavy (non-hydrogen) atoms. The standard InChI is InChI=1S/C8H12N2O.Y/c1-2-10(7-11)8-3-5-9-6-4-8;/h1-2,8-9H,3-6H2;/q-2;. The minimum Gasteiger partial charge on any atom is -0.602 e. The third-order valence-corrected chi connectivity index (χ3v) is 1.97. The van der Waals surface area contributed by atoms with Gasteiger partial charge in [0, 0.05) is 38.8 Å². The van der Waals surface area contributed by atoms with Crippen molar-refractivity contribution in [2.24, 2.45) is 0 Å². The van der Waals surface area contributed by atoms with Crippen molar-refractivity contribution in [1.82, 2.24) is 10.2 Å². The van der Waals surface area contributed by atoms with Gasteiger partial charge in [-0.1, -0.05) is 0 Å². The topological polar surface area (TPSA) is 32.3 Å². The van der Waals surface area contributed by atoms with E-state index in [1.165, 1.54) is 11.1 Å². The summed E-state index contributed by atoms with van der Waals surface area (Å²) in [7, 11) is 0. The van der Waals surface area contributed by atoms with Crippen LogP contribution in [0.15, 0.2) is 6.20 Å². The molecule has 1 aliphatic heterocycles. The van der Waals surface area contributed by atoms with Crippen LogP contribution in [0.25, 0.3) is 0 Å². The first-order valence-corrected chi connectivity index (χ1v) is 3.80. The van der Waals surface area contributed by atoms with E-state index in [2.05, 4.69) is 5.32 Å². The summed E-state index contributed by atoms with van der Waals surface area (Å²) in [5, 5.41) is 3.21. The maximum atomic E-state index is 10.3. The zero-order valence-corrected chi connectivity index (χ0v) is 9.83. The van der Waals surface area contributed by atoms with E-state index in [-0.39, 0.29) is 38.8 Å². The fourth-order valence-corrected chi connectivity index (χ4v) is 1.31. The van der Waals surface area contributed by atoms with Crippen LogP contribution in [-0.4, -0.2) is 30.4 Å². The van der Waals surface area contributed by atoms with Crippen molar-refractivity contribution in [3.05, 3.63) is 12.8 Å². The Morgan fingerprint density at radius 2 is 2.08 bits per heavy atom. The fourth-order valence-electron chi connectivity index (χ4n) is 1.31. The van der Waals surface area contributed by atoms with Gasteiger partial charge in [-0.2, -0.15) is 0 Å². The quantitative estimate of drug-likeness (QED) is 0.559. The van der Waals surface area contributed by atoms with Gasteiger partial charge in [-0.3, -0.25) is 0 Å². The van der Waals surface area contributed by atoms with E-state index in [0.29, 0.717) is 0 Å². The number of hydrogen-bond donors (Lipinski definition) is 1. The molecule has 1 fully saturated rings. The molecule has 0 saturated carbocycles. The molecule has 0 atom stereocenters. The summed E-state index contributed by atoms with van der Waals surface area (Å²) in [6.07, 6.45) is 5.01. The number of rotatable bonds is 3. The Morgan fingerprint density at radius 3 is 2.50 bits per heavy atom. The smallest absolute Gasteiger partial charge is 0.0693 e. The molecule has 3 nitrogen and oxygen atoms in total. The maximum Gasteiger partial charge on any atom is 0.0693 e. The first kappa shape index (κ1) is 12.3. The molecule has 1 amide bonds. The second-order valence-corrected chi connectivity index (χ2v) is 2.63. The Balaban J connectivity index is 0.00000121. The zero-order valence-electron chi connectivity index (χ0n) is 6.99. The van der Waals surface area contributed by atoms with Crippen molar-refractivity contribution in [3.8, 4) is 0 Å². The first-order chi connectivity index (χ1) is 5.38. The predicted molar refractivity (Wildman–Crippen MR) is 42.3 cm³/mol. The van der Waals surface area contributed by atoms with E-state index in [0.717, 1.165) is 25.9 Å². The molecule has 0 aromatic carbocycles. The molecule has 0 aromatic rings. The zero-order chi connectivity index (χ0) is 8.10. The molecular weight excluding hydrogens is 229 g/mol. The van der Waals surface area contributed by atoms with Crippen LogP contribution in [0.3, 0.4) is 0 Å². The summed E-state index contributed by atoms with van der Waals surface area (Å²) in [6.45, 7) is 7.14. The van der Waals surface area contributed by atoms with Crippen LogP contribution in [0.2, 0.25) is 0 Å². The van der Waals surface area contributed by atoms with E-state index < -0.39 is 0 Å². The molecule has 1 rings (SSSR count). The van der Waals surface area contributed by atoms with Crippen LogP contribution in [0.4, 0.5) is 0 Å². The van der Waals surface area contributed by atoms with Gasteiger partial charge in [0.1, 0.15) is 0 Å². The van der Waals surface area contributed by atoms with Gasteiger partial charge in [0.05, 0.1) is 6.41 Å². The van der Waals surface area contributed by atoms with Gasteiger partial charge in [0.2, 0.25) is 0 Å². The molecule has 1 saturated heterocycles. The number of carbonyl (C=O) groups excluding carboxylic acids is 1. The second kappa shape index (κ2) is 6.75. The van der Waals surface area contributed by atoms with Gasteiger partial charge in [-0.05, 0) is 25.9 Å². The predicted octanol–water partition coefficient (Wildman–Crippen LogP) is 0.0518. The third-order valence-electron chi connectivity index (χ3n) is 1.97. The molecule has 0 aliphatic carbocycles. The van der Waals surface area contributed by atoms with Crippen LogP contribution in [-0.2, 0) is 37.5 Å². The van der Waals surface area contributed by atoms with Crippen LogP contribution < -0.4 is 5.32 Å². The minimum absolute atomic E-state index is 0. The van der Waals surface area contributed by atoms with Crippen LogP contribution in [0.5, 0.6) is 0 Å². The van der Waals surface area contributed by atoms with Gasteiger partial charge in [-0.25, -0.2) is 0 Å². The van der Waals surface area contributed by atoms with Gasteiger partial charge in [-0.15, -0.1) is 0 Å². The summed E-state index contributed by atoms with van der Waals surface area (Å²) < 4.78 is 0. The monoisotopic (exact) mass is 241 g/mol. The van der Waals surface area contributed by atoms with Crippen LogP contribution in [0.1, 0.15) is 12.8 Å². The SMILES string of the molecule is [CH-]=CN([C-]=O)C1CCNCC1.[Y]. The molecule has 0 spiro atoms. The minimum atomic E-state index is 0. The Kier molecular flexibility index (Phi) is 6.91. The summed E-state index contributed by atoms with van der Waals surface area (Å²) in [5.41, 5.74) is 0. The van der Waals surface area contributed by atoms with Crippen molar-refractivity contribution < 1.29 is 37.5 Å². The van der Waals surface area contributed by atoms with Gasteiger partial charge in [0.25, 0.3) is 0 Å². The van der Waals surface area contributed by atoms with Gasteiger partial charge < -0.3 is 27.8 Å². The third kappa shape index (κ3) is 3.34. The summed E-state index contributed by atoms with van der Waals surface area (Å²) in [6, 6.07) is 0.249. The molecular formula is C8H12N2OY-2. The Hall–Kier alpha value is 0.274. The number of amides is 1. The molecule has 4 heteroatoms. The van der Waals surface area contributed by atoms with Crippen LogP contribution in [0, 0.1) is 6.58 Å². The number of piperidine rings is 1.